The summed E-state index contributed by atoms with van der Waals surface area (Å²) in [7, 11) is 1.53. The van der Waals surface area contributed by atoms with E-state index in [-0.39, 0.29) is 30.0 Å². The standard InChI is InChI=1S/C21H24ClN3O5/c1-3-29-21(28)15-7-5-9-25(12-15)19(26)13-24(2)20(27)17-11-18(30-23-17)14-6-4-8-16(22)10-14/h4,6,8,10-11,15H,3,5,7,9,12-13H2,1-2H3. The van der Waals surface area contributed by atoms with E-state index in [1.165, 1.54) is 18.0 Å². The number of carbonyl (C=O) groups excluding carboxylic acids is 3. The zero-order valence-corrected chi connectivity index (χ0v) is 17.7. The van der Waals surface area contributed by atoms with Crippen molar-refractivity contribution in [3.63, 3.8) is 0 Å². The van der Waals surface area contributed by atoms with Crippen molar-refractivity contribution in [1.29, 1.82) is 0 Å². The molecular formula is C21H24ClN3O5. The molecule has 0 radical (unpaired) electrons. The van der Waals surface area contributed by atoms with E-state index >= 15 is 0 Å². The first kappa shape index (κ1) is 21.8. The van der Waals surface area contributed by atoms with Crippen LogP contribution in [0.25, 0.3) is 11.3 Å². The lowest BCUT2D eigenvalue weighted by atomic mass is 9.98. The topological polar surface area (TPSA) is 93.0 Å². The number of carbonyl (C=O) groups is 3. The second-order valence-corrected chi connectivity index (χ2v) is 7.62. The highest BCUT2D eigenvalue weighted by atomic mass is 35.5. The van der Waals surface area contributed by atoms with Crippen LogP contribution in [0.15, 0.2) is 34.9 Å². The maximum atomic E-state index is 12.7. The minimum Gasteiger partial charge on any atom is -0.466 e. The van der Waals surface area contributed by atoms with Crippen molar-refractivity contribution in [2.45, 2.75) is 19.8 Å². The molecule has 2 amide bonds. The minimum absolute atomic E-state index is 0.100. The summed E-state index contributed by atoms with van der Waals surface area (Å²) in [5.74, 6) is -0.846. The molecule has 1 fully saturated rings. The van der Waals surface area contributed by atoms with Gasteiger partial charge >= 0.3 is 5.97 Å². The molecule has 1 aromatic heterocycles. The van der Waals surface area contributed by atoms with E-state index in [0.29, 0.717) is 42.5 Å². The van der Waals surface area contributed by atoms with Crippen LogP contribution in [-0.4, -0.2) is 66.0 Å². The molecule has 0 saturated carbocycles. The van der Waals surface area contributed by atoms with E-state index in [0.717, 1.165) is 6.42 Å². The van der Waals surface area contributed by atoms with Gasteiger partial charge in [-0.15, -0.1) is 0 Å². The number of nitrogens with zero attached hydrogens (tertiary/aromatic N) is 3. The third kappa shape index (κ3) is 5.18. The highest BCUT2D eigenvalue weighted by Crippen LogP contribution is 2.24. The summed E-state index contributed by atoms with van der Waals surface area (Å²) in [6.45, 7) is 2.82. The van der Waals surface area contributed by atoms with Crippen LogP contribution in [0.1, 0.15) is 30.3 Å². The summed E-state index contributed by atoms with van der Waals surface area (Å²) in [5.41, 5.74) is 0.800. The molecule has 1 saturated heterocycles. The first-order valence-electron chi connectivity index (χ1n) is 9.81. The second kappa shape index (κ2) is 9.75. The van der Waals surface area contributed by atoms with Gasteiger partial charge in [0.05, 0.1) is 19.1 Å². The Morgan fingerprint density at radius 3 is 2.87 bits per heavy atom. The van der Waals surface area contributed by atoms with Gasteiger partial charge in [-0.2, -0.15) is 0 Å². The Bertz CT molecular complexity index is 929. The van der Waals surface area contributed by atoms with Gasteiger partial charge in [-0.3, -0.25) is 14.4 Å². The predicted octanol–water partition coefficient (Wildman–Crippen LogP) is 2.87. The van der Waals surface area contributed by atoms with Gasteiger partial charge in [-0.1, -0.05) is 28.9 Å². The van der Waals surface area contributed by atoms with Gasteiger partial charge in [0.2, 0.25) is 5.91 Å². The van der Waals surface area contributed by atoms with Crippen molar-refractivity contribution < 1.29 is 23.6 Å². The first-order chi connectivity index (χ1) is 14.4. The smallest absolute Gasteiger partial charge is 0.310 e. The second-order valence-electron chi connectivity index (χ2n) is 7.18. The van der Waals surface area contributed by atoms with Crippen molar-refractivity contribution in [3.8, 4) is 11.3 Å². The fourth-order valence-corrected chi connectivity index (χ4v) is 3.57. The van der Waals surface area contributed by atoms with Crippen molar-refractivity contribution in [1.82, 2.24) is 15.0 Å². The number of benzene rings is 1. The molecule has 1 aromatic carbocycles. The SMILES string of the molecule is CCOC(=O)C1CCCN(C(=O)CN(C)C(=O)c2cc(-c3cccc(Cl)c3)on2)C1. The maximum absolute atomic E-state index is 12.7. The van der Waals surface area contributed by atoms with Crippen LogP contribution in [0.5, 0.6) is 0 Å². The molecule has 0 bridgehead atoms. The number of esters is 1. The molecule has 0 N–H and O–H groups in total. The van der Waals surface area contributed by atoms with Gasteiger partial charge in [-0.05, 0) is 31.9 Å². The fourth-order valence-electron chi connectivity index (χ4n) is 3.38. The number of hydrogen-bond donors (Lipinski definition) is 0. The first-order valence-corrected chi connectivity index (χ1v) is 10.2. The summed E-state index contributed by atoms with van der Waals surface area (Å²) < 4.78 is 10.3. The van der Waals surface area contributed by atoms with Crippen molar-refractivity contribution in [2.75, 3.05) is 33.3 Å². The number of likely N-dealkylation sites (tertiary alicyclic amines) is 1. The number of amides is 2. The monoisotopic (exact) mass is 433 g/mol. The summed E-state index contributed by atoms with van der Waals surface area (Å²) in [6, 6.07) is 8.53. The number of piperidine rings is 1. The minimum atomic E-state index is -0.431. The highest BCUT2D eigenvalue weighted by Gasteiger charge is 2.30. The van der Waals surface area contributed by atoms with E-state index in [9.17, 15) is 14.4 Å². The Hall–Kier alpha value is -2.87. The van der Waals surface area contributed by atoms with E-state index in [1.807, 2.05) is 0 Å². The molecule has 2 aromatic rings. The quantitative estimate of drug-likeness (QED) is 0.650. The van der Waals surface area contributed by atoms with Crippen LogP contribution in [0, 0.1) is 5.92 Å². The predicted molar refractivity (Wildman–Crippen MR) is 110 cm³/mol. The van der Waals surface area contributed by atoms with Gasteiger partial charge in [0.1, 0.15) is 0 Å². The fraction of sp³-hybridized carbons (Fsp3) is 0.429. The molecule has 1 atom stereocenters. The third-order valence-electron chi connectivity index (χ3n) is 4.95. The van der Waals surface area contributed by atoms with Crippen LogP contribution in [0.3, 0.4) is 0 Å². The molecule has 1 unspecified atom stereocenters. The number of aromatic nitrogens is 1. The van der Waals surface area contributed by atoms with E-state index in [4.69, 9.17) is 20.9 Å². The highest BCUT2D eigenvalue weighted by molar-refractivity contribution is 6.30. The van der Waals surface area contributed by atoms with Gasteiger partial charge < -0.3 is 19.1 Å². The summed E-state index contributed by atoms with van der Waals surface area (Å²) in [6.07, 6.45) is 1.42. The van der Waals surface area contributed by atoms with Gasteiger partial charge in [0, 0.05) is 36.8 Å². The summed E-state index contributed by atoms with van der Waals surface area (Å²) in [5, 5.41) is 4.37. The number of hydrogen-bond acceptors (Lipinski definition) is 6. The lowest BCUT2D eigenvalue weighted by Crippen LogP contribution is -2.47. The number of ether oxygens (including phenoxy) is 1. The lowest BCUT2D eigenvalue weighted by molar-refractivity contribution is -0.151. The molecule has 2 heterocycles. The molecule has 0 spiro atoms. The van der Waals surface area contributed by atoms with E-state index in [1.54, 1.807) is 36.1 Å². The Balaban J connectivity index is 1.60. The molecule has 1 aliphatic heterocycles. The van der Waals surface area contributed by atoms with Crippen molar-refractivity contribution in [2.24, 2.45) is 5.92 Å². The van der Waals surface area contributed by atoms with Gasteiger partial charge in [-0.25, -0.2) is 0 Å². The van der Waals surface area contributed by atoms with Gasteiger partial charge in [0.15, 0.2) is 11.5 Å². The molecule has 0 aliphatic carbocycles. The zero-order chi connectivity index (χ0) is 21.7. The molecule has 1 aliphatic rings. The average molecular weight is 434 g/mol. The van der Waals surface area contributed by atoms with Crippen LogP contribution in [0.4, 0.5) is 0 Å². The van der Waals surface area contributed by atoms with Crippen LogP contribution in [0.2, 0.25) is 5.02 Å². The number of likely N-dealkylation sites (N-methyl/N-ethyl adjacent to an activating group) is 1. The zero-order valence-electron chi connectivity index (χ0n) is 17.0. The number of rotatable bonds is 6. The Labute approximate surface area is 179 Å². The summed E-state index contributed by atoms with van der Waals surface area (Å²) >= 11 is 5.98. The Morgan fingerprint density at radius 1 is 1.33 bits per heavy atom. The van der Waals surface area contributed by atoms with Crippen LogP contribution < -0.4 is 0 Å². The maximum Gasteiger partial charge on any atom is 0.310 e. The van der Waals surface area contributed by atoms with Crippen molar-refractivity contribution >= 4 is 29.4 Å². The largest absolute Gasteiger partial charge is 0.466 e. The molecule has 3 rings (SSSR count). The third-order valence-corrected chi connectivity index (χ3v) is 5.19. The molecule has 9 heteroatoms. The summed E-state index contributed by atoms with van der Waals surface area (Å²) in [4.78, 5) is 40.2. The lowest BCUT2D eigenvalue weighted by Gasteiger charge is -2.32. The van der Waals surface area contributed by atoms with Crippen LogP contribution in [-0.2, 0) is 14.3 Å². The molecule has 8 nitrogen and oxygen atoms in total. The van der Waals surface area contributed by atoms with E-state index in [2.05, 4.69) is 5.16 Å². The van der Waals surface area contributed by atoms with E-state index < -0.39 is 5.91 Å². The molecule has 30 heavy (non-hydrogen) atoms. The molecule has 160 valence electrons. The Kier molecular flexibility index (Phi) is 7.10. The van der Waals surface area contributed by atoms with Crippen molar-refractivity contribution in [3.05, 3.63) is 41.0 Å². The number of halogens is 1. The Morgan fingerprint density at radius 2 is 2.13 bits per heavy atom. The average Bonchev–Trinajstić information content (AvgIpc) is 3.23. The normalized spacial score (nSPS) is 16.2. The molecular weight excluding hydrogens is 410 g/mol. The van der Waals surface area contributed by atoms with Gasteiger partial charge in [0.25, 0.3) is 5.91 Å². The van der Waals surface area contributed by atoms with Crippen LogP contribution >= 0.6 is 11.6 Å².